The Morgan fingerprint density at radius 1 is 1.17 bits per heavy atom. The van der Waals surface area contributed by atoms with Crippen molar-refractivity contribution in [3.8, 4) is 17.2 Å². The summed E-state index contributed by atoms with van der Waals surface area (Å²) < 4.78 is 17.2. The number of hydrogen-bond acceptors (Lipinski definition) is 8. The van der Waals surface area contributed by atoms with Crippen molar-refractivity contribution in [1.29, 1.82) is 0 Å². The second kappa shape index (κ2) is 7.97. The summed E-state index contributed by atoms with van der Waals surface area (Å²) >= 11 is 0. The highest BCUT2D eigenvalue weighted by Crippen LogP contribution is 2.34. The first-order valence-corrected chi connectivity index (χ1v) is 8.79. The van der Waals surface area contributed by atoms with E-state index in [1.165, 1.54) is 11.0 Å². The van der Waals surface area contributed by atoms with Crippen LogP contribution in [-0.4, -0.2) is 45.5 Å². The van der Waals surface area contributed by atoms with Gasteiger partial charge in [0.15, 0.2) is 18.1 Å². The number of nitrogens with one attached hydrogen (secondary N) is 1. The molecule has 4 rings (SSSR count). The van der Waals surface area contributed by atoms with E-state index in [1.54, 1.807) is 30.3 Å². The number of tetrazole rings is 1. The summed E-state index contributed by atoms with van der Waals surface area (Å²) in [5.74, 6) is 0.306. The Morgan fingerprint density at radius 2 is 1.97 bits per heavy atom. The maximum atomic E-state index is 12.2. The fraction of sp³-hybridized carbons (Fsp3) is 0.211. The van der Waals surface area contributed by atoms with E-state index in [0.29, 0.717) is 22.7 Å². The lowest BCUT2D eigenvalue weighted by atomic mass is 10.1. The number of carbonyl (C=O) groups is 2. The van der Waals surface area contributed by atoms with E-state index in [4.69, 9.17) is 14.2 Å². The molecule has 0 radical (unpaired) electrons. The molecule has 2 heterocycles. The highest BCUT2D eigenvalue weighted by Gasteiger charge is 2.17. The molecule has 0 saturated heterocycles. The number of fused-ring (bicyclic) bond motifs is 1. The maximum absolute atomic E-state index is 12.2. The quantitative estimate of drug-likeness (QED) is 0.623. The third-order valence-corrected chi connectivity index (χ3v) is 4.33. The lowest BCUT2D eigenvalue weighted by Crippen LogP contribution is -2.31. The van der Waals surface area contributed by atoms with Crippen LogP contribution in [0.25, 0.3) is 5.69 Å². The third-order valence-electron chi connectivity index (χ3n) is 4.33. The minimum atomic E-state index is -0.598. The van der Waals surface area contributed by atoms with Gasteiger partial charge in [-0.1, -0.05) is 6.07 Å². The number of carbonyl (C=O) groups excluding carboxylic acids is 2. The smallest absolute Gasteiger partial charge is 0.338 e. The summed E-state index contributed by atoms with van der Waals surface area (Å²) in [7, 11) is 0. The Balaban J connectivity index is 1.29. The summed E-state index contributed by atoms with van der Waals surface area (Å²) in [6.07, 6.45) is 1.44. The molecule has 1 aliphatic rings. The van der Waals surface area contributed by atoms with Gasteiger partial charge in [-0.25, -0.2) is 9.48 Å². The number of esters is 1. The lowest BCUT2D eigenvalue weighted by Gasteiger charge is -2.15. The van der Waals surface area contributed by atoms with Crippen LogP contribution in [0.3, 0.4) is 0 Å². The van der Waals surface area contributed by atoms with Gasteiger partial charge in [-0.3, -0.25) is 4.79 Å². The predicted octanol–water partition coefficient (Wildman–Crippen LogP) is 1.43. The molecular formula is C19H17N5O5. The number of nitrogens with zero attached hydrogens (tertiary/aromatic N) is 4. The Bertz CT molecular complexity index is 1020. The van der Waals surface area contributed by atoms with E-state index in [2.05, 4.69) is 20.8 Å². The number of hydrogen-bond donors (Lipinski definition) is 1. The largest absolute Gasteiger partial charge is 0.454 e. The van der Waals surface area contributed by atoms with Crippen molar-refractivity contribution in [2.75, 3.05) is 13.4 Å². The first kappa shape index (κ1) is 18.4. The van der Waals surface area contributed by atoms with Crippen LogP contribution >= 0.6 is 0 Å². The van der Waals surface area contributed by atoms with Gasteiger partial charge in [0.05, 0.1) is 17.3 Å². The molecule has 0 fully saturated rings. The first-order chi connectivity index (χ1) is 14.1. The van der Waals surface area contributed by atoms with E-state index in [-0.39, 0.29) is 19.4 Å². The third kappa shape index (κ3) is 4.15. The molecule has 148 valence electrons. The van der Waals surface area contributed by atoms with Crippen LogP contribution < -0.4 is 14.8 Å². The zero-order valence-corrected chi connectivity index (χ0v) is 15.4. The molecule has 1 amide bonds. The van der Waals surface area contributed by atoms with Crippen LogP contribution in [-0.2, 0) is 9.53 Å². The van der Waals surface area contributed by atoms with E-state index < -0.39 is 11.9 Å². The number of aromatic nitrogens is 4. The Labute approximate surface area is 165 Å². The molecule has 29 heavy (non-hydrogen) atoms. The van der Waals surface area contributed by atoms with Crippen molar-refractivity contribution in [3.63, 3.8) is 0 Å². The normalized spacial score (nSPS) is 13.0. The van der Waals surface area contributed by atoms with E-state index in [1.807, 2.05) is 19.1 Å². The Hall–Kier alpha value is -3.95. The van der Waals surface area contributed by atoms with Crippen molar-refractivity contribution in [2.45, 2.75) is 13.0 Å². The SMILES string of the molecule is C[C@@H](NC(=O)COC(=O)c1ccc(-n2cnnn2)cc1)c1ccc2c(c1)OCO2. The molecule has 1 aliphatic heterocycles. The summed E-state index contributed by atoms with van der Waals surface area (Å²) in [6, 6.07) is 11.7. The molecule has 10 heteroatoms. The molecule has 0 aliphatic carbocycles. The van der Waals surface area contributed by atoms with Crippen LogP contribution in [0.1, 0.15) is 28.9 Å². The molecule has 0 saturated carbocycles. The molecular weight excluding hydrogens is 378 g/mol. The van der Waals surface area contributed by atoms with E-state index in [0.717, 1.165) is 5.56 Å². The zero-order valence-electron chi connectivity index (χ0n) is 15.4. The summed E-state index contributed by atoms with van der Waals surface area (Å²) in [5.41, 5.74) is 1.87. The minimum Gasteiger partial charge on any atom is -0.454 e. The fourth-order valence-corrected chi connectivity index (χ4v) is 2.79. The summed E-state index contributed by atoms with van der Waals surface area (Å²) in [6.45, 7) is 1.63. The van der Waals surface area contributed by atoms with Crippen LogP contribution in [0.4, 0.5) is 0 Å². The van der Waals surface area contributed by atoms with Crippen LogP contribution in [0.15, 0.2) is 48.8 Å². The molecule has 0 bridgehead atoms. The molecule has 0 spiro atoms. The Morgan fingerprint density at radius 3 is 2.72 bits per heavy atom. The van der Waals surface area contributed by atoms with E-state index in [9.17, 15) is 9.59 Å². The number of amides is 1. The van der Waals surface area contributed by atoms with Gasteiger partial charge in [-0.05, 0) is 59.3 Å². The number of ether oxygens (including phenoxy) is 3. The van der Waals surface area contributed by atoms with Gasteiger partial charge in [-0.15, -0.1) is 5.10 Å². The fourth-order valence-electron chi connectivity index (χ4n) is 2.79. The van der Waals surface area contributed by atoms with Crippen molar-refractivity contribution in [1.82, 2.24) is 25.5 Å². The molecule has 1 aromatic heterocycles. The minimum absolute atomic E-state index is 0.187. The van der Waals surface area contributed by atoms with Gasteiger partial charge in [0.25, 0.3) is 5.91 Å². The van der Waals surface area contributed by atoms with Crippen LogP contribution in [0.2, 0.25) is 0 Å². The van der Waals surface area contributed by atoms with E-state index >= 15 is 0 Å². The van der Waals surface area contributed by atoms with Crippen molar-refractivity contribution >= 4 is 11.9 Å². The average molecular weight is 395 g/mol. The zero-order chi connectivity index (χ0) is 20.2. The standard InChI is InChI=1S/C19H17N5O5/c1-12(14-4-7-16-17(8-14)29-11-28-16)21-18(25)9-27-19(26)13-2-5-15(6-3-13)24-10-20-22-23-24/h2-8,10,12H,9,11H2,1H3,(H,21,25)/t12-/m1/s1. The molecule has 2 aromatic carbocycles. The highest BCUT2D eigenvalue weighted by atomic mass is 16.7. The van der Waals surface area contributed by atoms with Gasteiger partial charge in [0, 0.05) is 0 Å². The van der Waals surface area contributed by atoms with Gasteiger partial charge >= 0.3 is 5.97 Å². The number of rotatable bonds is 6. The Kier molecular flexibility index (Phi) is 5.06. The highest BCUT2D eigenvalue weighted by molar-refractivity contribution is 5.91. The number of benzene rings is 2. The monoisotopic (exact) mass is 395 g/mol. The second-order valence-electron chi connectivity index (χ2n) is 6.28. The first-order valence-electron chi connectivity index (χ1n) is 8.79. The van der Waals surface area contributed by atoms with Crippen LogP contribution in [0, 0.1) is 0 Å². The van der Waals surface area contributed by atoms with Crippen molar-refractivity contribution < 1.29 is 23.8 Å². The summed E-state index contributed by atoms with van der Waals surface area (Å²) in [5, 5.41) is 13.6. The van der Waals surface area contributed by atoms with Crippen molar-refractivity contribution in [2.24, 2.45) is 0 Å². The van der Waals surface area contributed by atoms with Gasteiger partial charge in [0.1, 0.15) is 6.33 Å². The van der Waals surface area contributed by atoms with Gasteiger partial charge in [0.2, 0.25) is 6.79 Å². The summed E-state index contributed by atoms with van der Waals surface area (Å²) in [4.78, 5) is 24.3. The molecule has 10 nitrogen and oxygen atoms in total. The molecule has 1 atom stereocenters. The average Bonchev–Trinajstić information content (AvgIpc) is 3.43. The van der Waals surface area contributed by atoms with Gasteiger partial charge < -0.3 is 19.5 Å². The van der Waals surface area contributed by atoms with Crippen molar-refractivity contribution in [3.05, 3.63) is 59.9 Å². The van der Waals surface area contributed by atoms with Gasteiger partial charge in [-0.2, -0.15) is 0 Å². The molecule has 1 N–H and O–H groups in total. The predicted molar refractivity (Wildman–Crippen MR) is 98.6 cm³/mol. The topological polar surface area (TPSA) is 117 Å². The van der Waals surface area contributed by atoms with Crippen LogP contribution in [0.5, 0.6) is 11.5 Å². The molecule has 0 unspecified atom stereocenters. The second-order valence-corrected chi connectivity index (χ2v) is 6.28. The maximum Gasteiger partial charge on any atom is 0.338 e. The lowest BCUT2D eigenvalue weighted by molar-refractivity contribution is -0.124. The molecule has 3 aromatic rings.